The van der Waals surface area contributed by atoms with Crippen molar-refractivity contribution < 1.29 is 27.1 Å². The molecule has 0 aliphatic carbocycles. The van der Waals surface area contributed by atoms with Crippen LogP contribution in [0, 0.1) is 28.4 Å². The van der Waals surface area contributed by atoms with Crippen molar-refractivity contribution in [1.82, 2.24) is 4.31 Å². The topological polar surface area (TPSA) is 98.5 Å². The second kappa shape index (κ2) is 13.6. The van der Waals surface area contributed by atoms with Crippen LogP contribution in [-0.4, -0.2) is 36.9 Å². The SMILES string of the molecule is CC(C)(C)C.Fc1ccccc1Cl.N#CC1(c2ccc(Cl)cc2F)CCN(S(=O)(=O)c2ccc(C(=O)O)cc2)C1. The van der Waals surface area contributed by atoms with E-state index in [1.807, 2.05) is 0 Å². The summed E-state index contributed by atoms with van der Waals surface area (Å²) in [6, 6.07) is 16.9. The van der Waals surface area contributed by atoms with Crippen molar-refractivity contribution >= 4 is 39.2 Å². The van der Waals surface area contributed by atoms with Crippen molar-refractivity contribution in [1.29, 1.82) is 5.26 Å². The summed E-state index contributed by atoms with van der Waals surface area (Å²) in [5.41, 5.74) is -0.749. The molecular formula is C29H30Cl2F2N2O4S. The Morgan fingerprint density at radius 2 is 1.57 bits per heavy atom. The molecule has 1 atom stereocenters. The molecule has 0 aromatic heterocycles. The zero-order chi connectivity index (χ0) is 30.3. The number of nitriles is 1. The molecule has 0 radical (unpaired) electrons. The molecular weight excluding hydrogens is 581 g/mol. The lowest BCUT2D eigenvalue weighted by atomic mass is 9.81. The Bertz CT molecular complexity index is 1460. The molecule has 1 aliphatic rings. The maximum absolute atomic E-state index is 14.3. The molecule has 0 saturated carbocycles. The first-order valence-corrected chi connectivity index (χ1v) is 14.3. The minimum absolute atomic E-state index is 0.0371. The van der Waals surface area contributed by atoms with Crippen LogP contribution in [-0.2, 0) is 15.4 Å². The number of rotatable bonds is 4. The Balaban J connectivity index is 0.000000355. The molecule has 1 N–H and O–H groups in total. The zero-order valence-corrected chi connectivity index (χ0v) is 24.8. The van der Waals surface area contributed by atoms with Gasteiger partial charge in [-0.1, -0.05) is 69.1 Å². The first-order chi connectivity index (χ1) is 18.5. The van der Waals surface area contributed by atoms with Crippen molar-refractivity contribution in [3.05, 3.63) is 99.5 Å². The number of carboxylic acid groups (broad SMARTS) is 1. The molecule has 0 bridgehead atoms. The second-order valence-corrected chi connectivity index (χ2v) is 13.4. The molecule has 0 spiro atoms. The van der Waals surface area contributed by atoms with E-state index in [2.05, 4.69) is 33.8 Å². The average Bonchev–Trinajstić information content (AvgIpc) is 3.32. The summed E-state index contributed by atoms with van der Waals surface area (Å²) < 4.78 is 53.3. The predicted molar refractivity (Wildman–Crippen MR) is 152 cm³/mol. The molecule has 1 unspecified atom stereocenters. The van der Waals surface area contributed by atoms with Crippen molar-refractivity contribution in [2.24, 2.45) is 5.41 Å². The van der Waals surface area contributed by atoms with Gasteiger partial charge in [0.2, 0.25) is 10.0 Å². The van der Waals surface area contributed by atoms with Crippen LogP contribution >= 0.6 is 23.2 Å². The largest absolute Gasteiger partial charge is 0.478 e. The fourth-order valence-corrected chi connectivity index (χ4v) is 5.38. The third-order valence-corrected chi connectivity index (χ3v) is 7.86. The molecule has 1 heterocycles. The van der Waals surface area contributed by atoms with Gasteiger partial charge in [-0.3, -0.25) is 0 Å². The summed E-state index contributed by atoms with van der Waals surface area (Å²) in [7, 11) is -3.95. The van der Waals surface area contributed by atoms with Crippen molar-refractivity contribution in [2.45, 2.75) is 44.4 Å². The molecule has 1 fully saturated rings. The van der Waals surface area contributed by atoms with Gasteiger partial charge in [0, 0.05) is 23.7 Å². The Morgan fingerprint density at radius 1 is 1.00 bits per heavy atom. The van der Waals surface area contributed by atoms with Crippen molar-refractivity contribution in [3.8, 4) is 6.07 Å². The van der Waals surface area contributed by atoms with E-state index in [1.54, 1.807) is 12.1 Å². The van der Waals surface area contributed by atoms with E-state index in [1.165, 1.54) is 48.5 Å². The van der Waals surface area contributed by atoms with Crippen molar-refractivity contribution in [2.75, 3.05) is 13.1 Å². The van der Waals surface area contributed by atoms with E-state index in [9.17, 15) is 27.3 Å². The molecule has 6 nitrogen and oxygen atoms in total. The third-order valence-electron chi connectivity index (χ3n) is 5.46. The van der Waals surface area contributed by atoms with Crippen LogP contribution in [0.4, 0.5) is 8.78 Å². The van der Waals surface area contributed by atoms with E-state index in [0.717, 1.165) is 10.4 Å². The lowest BCUT2D eigenvalue weighted by molar-refractivity contribution is 0.0696. The molecule has 3 aromatic rings. The first-order valence-electron chi connectivity index (χ1n) is 12.1. The number of hydrogen-bond acceptors (Lipinski definition) is 4. The third kappa shape index (κ3) is 9.00. The first kappa shape index (κ1) is 33.2. The Hall–Kier alpha value is -3.03. The number of hydrogen-bond donors (Lipinski definition) is 1. The van der Waals surface area contributed by atoms with Crippen LogP contribution < -0.4 is 0 Å². The molecule has 0 amide bonds. The van der Waals surface area contributed by atoms with Crippen LogP contribution in [0.2, 0.25) is 10.0 Å². The number of halogens is 4. The minimum Gasteiger partial charge on any atom is -0.478 e. The number of nitrogens with zero attached hydrogens (tertiary/aromatic N) is 2. The molecule has 4 rings (SSSR count). The summed E-state index contributed by atoms with van der Waals surface area (Å²) in [6.45, 7) is 8.59. The lowest BCUT2D eigenvalue weighted by Gasteiger charge is -2.23. The lowest BCUT2D eigenvalue weighted by Crippen LogP contribution is -2.34. The van der Waals surface area contributed by atoms with Crippen LogP contribution in [0.25, 0.3) is 0 Å². The van der Waals surface area contributed by atoms with Gasteiger partial charge in [0.1, 0.15) is 17.0 Å². The molecule has 1 saturated heterocycles. The van der Waals surface area contributed by atoms with Gasteiger partial charge in [-0.15, -0.1) is 0 Å². The smallest absolute Gasteiger partial charge is 0.335 e. The number of benzene rings is 3. The van der Waals surface area contributed by atoms with E-state index < -0.39 is 27.2 Å². The van der Waals surface area contributed by atoms with Gasteiger partial charge >= 0.3 is 5.97 Å². The maximum Gasteiger partial charge on any atom is 0.335 e. The van der Waals surface area contributed by atoms with Gasteiger partial charge in [-0.25, -0.2) is 22.0 Å². The van der Waals surface area contributed by atoms with Gasteiger partial charge < -0.3 is 5.11 Å². The van der Waals surface area contributed by atoms with Crippen molar-refractivity contribution in [3.63, 3.8) is 0 Å². The normalized spacial score (nSPS) is 17.1. The summed E-state index contributed by atoms with van der Waals surface area (Å²) in [5.74, 6) is -2.19. The second-order valence-electron chi connectivity index (χ2n) is 10.7. The summed E-state index contributed by atoms with van der Waals surface area (Å²) in [6.07, 6.45) is 0.133. The average molecular weight is 612 g/mol. The summed E-state index contributed by atoms with van der Waals surface area (Å²) in [5, 5.41) is 19.0. The van der Waals surface area contributed by atoms with Crippen LogP contribution in [0.1, 0.15) is 50.0 Å². The molecule has 3 aromatic carbocycles. The van der Waals surface area contributed by atoms with Crippen LogP contribution in [0.5, 0.6) is 0 Å². The molecule has 214 valence electrons. The fraction of sp³-hybridized carbons (Fsp3) is 0.310. The number of carbonyl (C=O) groups is 1. The maximum atomic E-state index is 14.3. The van der Waals surface area contributed by atoms with Gasteiger partial charge in [0.15, 0.2) is 0 Å². The van der Waals surface area contributed by atoms with E-state index >= 15 is 0 Å². The highest BCUT2D eigenvalue weighted by Crippen LogP contribution is 2.38. The van der Waals surface area contributed by atoms with E-state index in [-0.39, 0.29) is 51.4 Å². The monoisotopic (exact) mass is 610 g/mol. The van der Waals surface area contributed by atoms with E-state index in [0.29, 0.717) is 5.41 Å². The highest BCUT2D eigenvalue weighted by molar-refractivity contribution is 7.89. The number of carboxylic acids is 1. The quantitative estimate of drug-likeness (QED) is 0.328. The number of aromatic carboxylic acids is 1. The fourth-order valence-electron chi connectivity index (χ4n) is 3.59. The van der Waals surface area contributed by atoms with Gasteiger partial charge in [-0.05, 0) is 60.4 Å². The predicted octanol–water partition coefficient (Wildman–Crippen LogP) is 7.56. The van der Waals surface area contributed by atoms with Gasteiger partial charge in [0.25, 0.3) is 0 Å². The van der Waals surface area contributed by atoms with Crippen LogP contribution in [0.15, 0.2) is 71.6 Å². The molecule has 11 heteroatoms. The molecule has 1 aliphatic heterocycles. The minimum atomic E-state index is -3.95. The summed E-state index contributed by atoms with van der Waals surface area (Å²) >= 11 is 11.1. The Morgan fingerprint density at radius 3 is 2.02 bits per heavy atom. The Kier molecular flexibility index (Phi) is 11.2. The molecule has 40 heavy (non-hydrogen) atoms. The van der Waals surface area contributed by atoms with Crippen LogP contribution in [0.3, 0.4) is 0 Å². The zero-order valence-electron chi connectivity index (χ0n) is 22.5. The van der Waals surface area contributed by atoms with E-state index in [4.69, 9.17) is 28.3 Å². The standard InChI is InChI=1S/C18H14ClFN2O4S.C6H4ClF.C5H12/c19-13-3-6-15(16(20)9-13)18(10-21)7-8-22(11-18)27(25,26)14-4-1-12(2-5-14)17(23)24;7-5-3-1-2-4-6(5)8;1-5(2,3)4/h1-6,9H,7-8,11H2,(H,23,24);1-4H;1-4H3. The Labute approximate surface area is 243 Å². The highest BCUT2D eigenvalue weighted by atomic mass is 35.5. The van der Waals surface area contributed by atoms with Gasteiger partial charge in [0.05, 0.1) is 21.6 Å². The number of sulfonamides is 1. The summed E-state index contributed by atoms with van der Waals surface area (Å²) in [4.78, 5) is 10.8. The highest BCUT2D eigenvalue weighted by Gasteiger charge is 2.46. The van der Waals surface area contributed by atoms with Gasteiger partial charge in [-0.2, -0.15) is 9.57 Å².